The van der Waals surface area contributed by atoms with E-state index in [9.17, 15) is 4.79 Å². The fraction of sp³-hybridized carbons (Fsp3) is 0.176. The normalized spacial score (nSPS) is 9.86. The molecule has 0 aliphatic heterocycles. The van der Waals surface area contributed by atoms with E-state index in [-0.39, 0.29) is 12.5 Å². The van der Waals surface area contributed by atoms with Gasteiger partial charge in [-0.3, -0.25) is 4.79 Å². The van der Waals surface area contributed by atoms with E-state index in [1.54, 1.807) is 12.1 Å². The number of carbonyl (C=O) groups is 1. The summed E-state index contributed by atoms with van der Waals surface area (Å²) in [6.07, 6.45) is 0. The lowest BCUT2D eigenvalue weighted by Gasteiger charge is -2.10. The Morgan fingerprint density at radius 2 is 2.09 bits per heavy atom. The van der Waals surface area contributed by atoms with E-state index in [0.717, 1.165) is 11.1 Å². The van der Waals surface area contributed by atoms with E-state index in [0.29, 0.717) is 22.9 Å². The molecule has 0 atom stereocenters. The molecule has 0 saturated heterocycles. The van der Waals surface area contributed by atoms with Gasteiger partial charge in [0.1, 0.15) is 5.75 Å². The van der Waals surface area contributed by atoms with Gasteiger partial charge < -0.3 is 10.1 Å². The summed E-state index contributed by atoms with van der Waals surface area (Å²) >= 11 is 5.98. The molecule has 4 nitrogen and oxygen atoms in total. The predicted molar refractivity (Wildman–Crippen MR) is 84.7 cm³/mol. The lowest BCUT2D eigenvalue weighted by atomic mass is 10.1. The van der Waals surface area contributed by atoms with E-state index in [1.165, 1.54) is 6.07 Å². The maximum Gasteiger partial charge on any atom is 0.258 e. The van der Waals surface area contributed by atoms with Crippen LogP contribution >= 0.6 is 11.6 Å². The van der Waals surface area contributed by atoms with Crippen molar-refractivity contribution >= 4 is 17.5 Å². The van der Waals surface area contributed by atoms with Crippen LogP contribution < -0.4 is 10.1 Å². The molecule has 2 aromatic rings. The molecule has 0 fully saturated rings. The van der Waals surface area contributed by atoms with Crippen LogP contribution in [0.2, 0.25) is 5.02 Å². The zero-order valence-electron chi connectivity index (χ0n) is 12.1. The molecule has 0 aromatic heterocycles. The Morgan fingerprint density at radius 3 is 2.77 bits per heavy atom. The highest BCUT2D eigenvalue weighted by Crippen LogP contribution is 2.25. The van der Waals surface area contributed by atoms with Gasteiger partial charge in [-0.1, -0.05) is 35.9 Å². The van der Waals surface area contributed by atoms with Crippen LogP contribution in [-0.4, -0.2) is 12.5 Å². The van der Waals surface area contributed by atoms with Crippen LogP contribution in [0.1, 0.15) is 16.7 Å². The maximum absolute atomic E-state index is 11.8. The van der Waals surface area contributed by atoms with Gasteiger partial charge >= 0.3 is 0 Å². The highest BCUT2D eigenvalue weighted by atomic mass is 35.5. The number of nitriles is 1. The predicted octanol–water partition coefficient (Wildman–Crippen LogP) is 3.22. The Labute approximate surface area is 134 Å². The SMILES string of the molecule is Cc1ccccc1CNC(=O)COc1ccc(C#N)cc1Cl. The number of nitrogens with one attached hydrogen (secondary N) is 1. The van der Waals surface area contributed by atoms with Gasteiger partial charge in [0.2, 0.25) is 0 Å². The number of amides is 1. The Bertz CT molecular complexity index is 723. The summed E-state index contributed by atoms with van der Waals surface area (Å²) in [4.78, 5) is 11.8. The van der Waals surface area contributed by atoms with E-state index < -0.39 is 0 Å². The lowest BCUT2D eigenvalue weighted by Crippen LogP contribution is -2.28. The van der Waals surface area contributed by atoms with Crippen molar-refractivity contribution in [2.24, 2.45) is 0 Å². The third-order valence-electron chi connectivity index (χ3n) is 3.16. The van der Waals surface area contributed by atoms with Gasteiger partial charge in [0.05, 0.1) is 16.7 Å². The van der Waals surface area contributed by atoms with Crippen molar-refractivity contribution in [1.29, 1.82) is 5.26 Å². The second-order valence-corrected chi connectivity index (χ2v) is 5.16. The number of carbonyl (C=O) groups excluding carboxylic acids is 1. The molecule has 2 aromatic carbocycles. The summed E-state index contributed by atoms with van der Waals surface area (Å²) in [5.41, 5.74) is 2.63. The van der Waals surface area contributed by atoms with Gasteiger partial charge in [0, 0.05) is 6.54 Å². The number of ether oxygens (including phenoxy) is 1. The third kappa shape index (κ3) is 4.24. The van der Waals surface area contributed by atoms with Crippen molar-refractivity contribution in [1.82, 2.24) is 5.32 Å². The van der Waals surface area contributed by atoms with Crippen molar-refractivity contribution in [3.8, 4) is 11.8 Å². The van der Waals surface area contributed by atoms with Crippen LogP contribution in [-0.2, 0) is 11.3 Å². The smallest absolute Gasteiger partial charge is 0.258 e. The molecule has 5 heteroatoms. The van der Waals surface area contributed by atoms with Gasteiger partial charge in [-0.25, -0.2) is 0 Å². The molecule has 112 valence electrons. The topological polar surface area (TPSA) is 62.1 Å². The Hall–Kier alpha value is -2.51. The van der Waals surface area contributed by atoms with Crippen molar-refractivity contribution in [3.05, 3.63) is 64.2 Å². The average molecular weight is 315 g/mol. The minimum atomic E-state index is -0.233. The molecule has 1 amide bonds. The second-order valence-electron chi connectivity index (χ2n) is 4.75. The van der Waals surface area contributed by atoms with Gasteiger partial charge in [0.25, 0.3) is 5.91 Å². The van der Waals surface area contributed by atoms with E-state index in [2.05, 4.69) is 5.32 Å². The summed E-state index contributed by atoms with van der Waals surface area (Å²) in [5, 5.41) is 11.9. The highest BCUT2D eigenvalue weighted by Gasteiger charge is 2.07. The Balaban J connectivity index is 1.86. The zero-order valence-corrected chi connectivity index (χ0v) is 12.9. The minimum absolute atomic E-state index is 0.127. The molecule has 0 unspecified atom stereocenters. The summed E-state index contributed by atoms with van der Waals surface area (Å²) in [6.45, 7) is 2.32. The number of hydrogen-bond donors (Lipinski definition) is 1. The summed E-state index contributed by atoms with van der Waals surface area (Å²) < 4.78 is 5.36. The first-order valence-corrected chi connectivity index (χ1v) is 7.11. The molecule has 0 aliphatic rings. The minimum Gasteiger partial charge on any atom is -0.482 e. The Morgan fingerprint density at radius 1 is 1.32 bits per heavy atom. The molecule has 22 heavy (non-hydrogen) atoms. The van der Waals surface area contributed by atoms with Crippen molar-refractivity contribution in [2.75, 3.05) is 6.61 Å². The van der Waals surface area contributed by atoms with E-state index in [1.807, 2.05) is 37.3 Å². The fourth-order valence-electron chi connectivity index (χ4n) is 1.88. The second kappa shape index (κ2) is 7.48. The molecule has 0 aliphatic carbocycles. The first-order valence-electron chi connectivity index (χ1n) is 6.74. The molecule has 1 N–H and O–H groups in total. The molecule has 0 bridgehead atoms. The van der Waals surface area contributed by atoms with E-state index >= 15 is 0 Å². The standard InChI is InChI=1S/C17H15ClN2O2/c1-12-4-2-3-5-14(12)10-20-17(21)11-22-16-7-6-13(9-19)8-15(16)18/h2-8H,10-11H2,1H3,(H,20,21). The molecule has 2 rings (SSSR count). The molecule has 0 radical (unpaired) electrons. The van der Waals surface area contributed by atoms with Crippen molar-refractivity contribution < 1.29 is 9.53 Å². The van der Waals surface area contributed by atoms with Gasteiger partial charge in [-0.2, -0.15) is 5.26 Å². The third-order valence-corrected chi connectivity index (χ3v) is 3.45. The first-order chi connectivity index (χ1) is 10.6. The number of hydrogen-bond acceptors (Lipinski definition) is 3. The number of rotatable bonds is 5. The number of nitrogens with zero attached hydrogens (tertiary/aromatic N) is 1. The fourth-order valence-corrected chi connectivity index (χ4v) is 2.12. The molecular weight excluding hydrogens is 300 g/mol. The Kier molecular flexibility index (Phi) is 5.40. The first kappa shape index (κ1) is 15.9. The monoisotopic (exact) mass is 314 g/mol. The quantitative estimate of drug-likeness (QED) is 0.921. The average Bonchev–Trinajstić information content (AvgIpc) is 2.52. The van der Waals surface area contributed by atoms with E-state index in [4.69, 9.17) is 21.6 Å². The maximum atomic E-state index is 11.8. The van der Waals surface area contributed by atoms with Gasteiger partial charge in [-0.05, 0) is 36.2 Å². The summed E-state index contributed by atoms with van der Waals surface area (Å²) in [5.74, 6) is 0.149. The zero-order chi connectivity index (χ0) is 15.9. The highest BCUT2D eigenvalue weighted by molar-refractivity contribution is 6.32. The van der Waals surface area contributed by atoms with Crippen LogP contribution in [0, 0.1) is 18.3 Å². The molecule has 0 saturated carbocycles. The van der Waals surface area contributed by atoms with Crippen LogP contribution in [0.15, 0.2) is 42.5 Å². The van der Waals surface area contributed by atoms with Crippen molar-refractivity contribution in [3.63, 3.8) is 0 Å². The number of halogens is 1. The van der Waals surface area contributed by atoms with Crippen LogP contribution in [0.4, 0.5) is 0 Å². The number of aryl methyl sites for hydroxylation is 1. The largest absolute Gasteiger partial charge is 0.482 e. The van der Waals surface area contributed by atoms with Crippen molar-refractivity contribution in [2.45, 2.75) is 13.5 Å². The summed E-state index contributed by atoms with van der Waals surface area (Å²) in [7, 11) is 0. The van der Waals surface area contributed by atoms with Gasteiger partial charge in [-0.15, -0.1) is 0 Å². The molecule has 0 heterocycles. The van der Waals surface area contributed by atoms with Gasteiger partial charge in [0.15, 0.2) is 6.61 Å². The van der Waals surface area contributed by atoms with Crippen LogP contribution in [0.25, 0.3) is 0 Å². The van der Waals surface area contributed by atoms with Crippen LogP contribution in [0.3, 0.4) is 0 Å². The lowest BCUT2D eigenvalue weighted by molar-refractivity contribution is -0.123. The summed E-state index contributed by atoms with van der Waals surface area (Å²) in [6, 6.07) is 14.5. The number of benzene rings is 2. The molecule has 0 spiro atoms. The van der Waals surface area contributed by atoms with Crippen LogP contribution in [0.5, 0.6) is 5.75 Å². The molecular formula is C17H15ClN2O2.